The van der Waals surface area contributed by atoms with Crippen LogP contribution in [-0.2, 0) is 16.8 Å². The highest BCUT2D eigenvalue weighted by Gasteiger charge is 2.52. The number of fused-ring (bicyclic) bond motifs is 2. The quantitative estimate of drug-likeness (QED) is 0.757. The largest absolute Gasteiger partial charge is 0.322 e. The van der Waals surface area contributed by atoms with E-state index in [9.17, 15) is 9.59 Å². The first-order valence-corrected chi connectivity index (χ1v) is 8.35. The van der Waals surface area contributed by atoms with Crippen molar-refractivity contribution in [1.29, 1.82) is 0 Å². The molecule has 0 bridgehead atoms. The van der Waals surface area contributed by atoms with E-state index in [1.54, 1.807) is 0 Å². The van der Waals surface area contributed by atoms with Crippen LogP contribution < -0.4 is 10.6 Å². The molecule has 1 heterocycles. The number of hydrogen-bond acceptors (Lipinski definition) is 2. The molecule has 1 saturated heterocycles. The van der Waals surface area contributed by atoms with Gasteiger partial charge in [-0.3, -0.25) is 10.1 Å². The number of rotatable bonds is 1. The second-order valence-electron chi connectivity index (χ2n) is 6.13. The van der Waals surface area contributed by atoms with Crippen molar-refractivity contribution in [3.8, 4) is 0 Å². The molecule has 4 nitrogen and oxygen atoms in total. The van der Waals surface area contributed by atoms with Gasteiger partial charge in [0.05, 0.1) is 0 Å². The van der Waals surface area contributed by atoms with Crippen LogP contribution in [0.3, 0.4) is 0 Å². The Kier molecular flexibility index (Phi) is 3.27. The fourth-order valence-electron chi connectivity index (χ4n) is 3.73. The van der Waals surface area contributed by atoms with Crippen LogP contribution >= 0.6 is 15.9 Å². The number of urea groups is 1. The Morgan fingerprint density at radius 1 is 1.09 bits per heavy atom. The van der Waals surface area contributed by atoms with Gasteiger partial charge in [-0.1, -0.05) is 52.3 Å². The molecule has 1 fully saturated rings. The highest BCUT2D eigenvalue weighted by Crippen LogP contribution is 2.44. The van der Waals surface area contributed by atoms with Gasteiger partial charge in [0, 0.05) is 4.47 Å². The fourth-order valence-corrected chi connectivity index (χ4v) is 4.09. The fraction of sp³-hybridized carbons (Fsp3) is 0.222. The zero-order chi connectivity index (χ0) is 16.0. The summed E-state index contributed by atoms with van der Waals surface area (Å²) in [4.78, 5) is 24.4. The minimum atomic E-state index is -0.977. The SMILES string of the molecule is O=C1NC(=O)C2(CC(c3ccccc3)Cc3ccc(Br)cc32)N1. The Morgan fingerprint density at radius 2 is 1.87 bits per heavy atom. The van der Waals surface area contributed by atoms with Crippen LogP contribution in [0.2, 0.25) is 0 Å². The average Bonchev–Trinajstić information content (AvgIpc) is 2.83. The van der Waals surface area contributed by atoms with Gasteiger partial charge in [-0.15, -0.1) is 0 Å². The monoisotopic (exact) mass is 370 g/mol. The topological polar surface area (TPSA) is 58.2 Å². The molecule has 2 N–H and O–H groups in total. The van der Waals surface area contributed by atoms with Gasteiger partial charge in [0.1, 0.15) is 5.54 Å². The molecule has 3 amide bonds. The van der Waals surface area contributed by atoms with Gasteiger partial charge in [0.2, 0.25) is 0 Å². The smallest absolute Gasteiger partial charge is 0.319 e. The molecular formula is C18H15BrN2O2. The predicted molar refractivity (Wildman–Crippen MR) is 90.0 cm³/mol. The van der Waals surface area contributed by atoms with E-state index in [-0.39, 0.29) is 11.8 Å². The number of hydrogen-bond donors (Lipinski definition) is 2. The van der Waals surface area contributed by atoms with E-state index in [1.807, 2.05) is 36.4 Å². The van der Waals surface area contributed by atoms with Crippen molar-refractivity contribution in [2.75, 3.05) is 0 Å². The van der Waals surface area contributed by atoms with Crippen molar-refractivity contribution in [3.05, 3.63) is 69.7 Å². The molecule has 2 aliphatic rings. The summed E-state index contributed by atoms with van der Waals surface area (Å²) in [6.45, 7) is 0. The van der Waals surface area contributed by atoms with Crippen LogP contribution in [0.15, 0.2) is 53.0 Å². The summed E-state index contributed by atoms with van der Waals surface area (Å²) in [6, 6.07) is 15.7. The molecule has 23 heavy (non-hydrogen) atoms. The maximum atomic E-state index is 12.6. The lowest BCUT2D eigenvalue weighted by Gasteiger charge is -2.38. The molecule has 1 aliphatic heterocycles. The van der Waals surface area contributed by atoms with E-state index < -0.39 is 11.6 Å². The van der Waals surface area contributed by atoms with Crippen LogP contribution in [0.25, 0.3) is 0 Å². The normalized spacial score (nSPS) is 25.9. The predicted octanol–water partition coefficient (Wildman–Crippen LogP) is 3.21. The number of carbonyl (C=O) groups is 2. The lowest BCUT2D eigenvalue weighted by atomic mass is 9.69. The van der Waals surface area contributed by atoms with E-state index in [2.05, 4.69) is 38.7 Å². The first-order valence-electron chi connectivity index (χ1n) is 7.56. The Balaban J connectivity index is 1.86. The van der Waals surface area contributed by atoms with Crippen molar-refractivity contribution < 1.29 is 9.59 Å². The Morgan fingerprint density at radius 3 is 2.57 bits per heavy atom. The number of benzene rings is 2. The molecule has 0 radical (unpaired) electrons. The molecule has 2 aromatic rings. The van der Waals surface area contributed by atoms with Gasteiger partial charge in [0.25, 0.3) is 5.91 Å². The average molecular weight is 371 g/mol. The minimum Gasteiger partial charge on any atom is -0.319 e. The standard InChI is InChI=1S/C18H15BrN2O2/c19-14-7-6-12-8-13(11-4-2-1-3-5-11)10-18(15(12)9-14)16(22)20-17(23)21-18/h1-7,9,13H,8,10H2,(H2,20,21,22,23). The van der Waals surface area contributed by atoms with Crippen LogP contribution in [0, 0.1) is 0 Å². The lowest BCUT2D eigenvalue weighted by molar-refractivity contribution is -0.125. The van der Waals surface area contributed by atoms with Gasteiger partial charge < -0.3 is 5.32 Å². The van der Waals surface area contributed by atoms with Gasteiger partial charge in [0.15, 0.2) is 0 Å². The van der Waals surface area contributed by atoms with Gasteiger partial charge in [-0.25, -0.2) is 4.79 Å². The van der Waals surface area contributed by atoms with Gasteiger partial charge >= 0.3 is 6.03 Å². The highest BCUT2D eigenvalue weighted by atomic mass is 79.9. The molecule has 116 valence electrons. The molecular weight excluding hydrogens is 356 g/mol. The number of amides is 3. The number of halogens is 1. The van der Waals surface area contributed by atoms with Gasteiger partial charge in [-0.2, -0.15) is 0 Å². The third-order valence-corrected chi connectivity index (χ3v) is 5.26. The van der Waals surface area contributed by atoms with Crippen LogP contribution in [-0.4, -0.2) is 11.9 Å². The third kappa shape index (κ3) is 2.27. The first-order chi connectivity index (χ1) is 11.1. The Hall–Kier alpha value is -2.14. The molecule has 2 unspecified atom stereocenters. The maximum Gasteiger partial charge on any atom is 0.322 e. The maximum absolute atomic E-state index is 12.6. The molecule has 0 saturated carbocycles. The number of carbonyl (C=O) groups excluding carboxylic acids is 2. The van der Waals surface area contributed by atoms with Crippen molar-refractivity contribution >= 4 is 27.9 Å². The molecule has 4 rings (SSSR count). The number of imide groups is 1. The lowest BCUT2D eigenvalue weighted by Crippen LogP contribution is -2.48. The summed E-state index contributed by atoms with van der Waals surface area (Å²) in [5.74, 6) is -0.0727. The van der Waals surface area contributed by atoms with Crippen molar-refractivity contribution in [2.24, 2.45) is 0 Å². The van der Waals surface area contributed by atoms with E-state index in [1.165, 1.54) is 5.56 Å². The first kappa shape index (κ1) is 14.5. The Labute approximate surface area is 142 Å². The summed E-state index contributed by atoms with van der Waals surface area (Å²) >= 11 is 3.47. The number of nitrogens with one attached hydrogen (secondary N) is 2. The van der Waals surface area contributed by atoms with Crippen LogP contribution in [0.4, 0.5) is 4.79 Å². The molecule has 1 spiro atoms. The Bertz CT molecular complexity index is 806. The summed E-state index contributed by atoms with van der Waals surface area (Å²) in [6.07, 6.45) is 1.43. The summed E-state index contributed by atoms with van der Waals surface area (Å²) in [7, 11) is 0. The molecule has 1 aliphatic carbocycles. The summed E-state index contributed by atoms with van der Waals surface area (Å²) in [5, 5.41) is 5.29. The van der Waals surface area contributed by atoms with Crippen molar-refractivity contribution in [2.45, 2.75) is 24.3 Å². The second kappa shape index (κ2) is 5.20. The van der Waals surface area contributed by atoms with Crippen molar-refractivity contribution in [3.63, 3.8) is 0 Å². The molecule has 0 aromatic heterocycles. The second-order valence-corrected chi connectivity index (χ2v) is 7.05. The third-order valence-electron chi connectivity index (χ3n) is 4.76. The minimum absolute atomic E-state index is 0.189. The molecule has 5 heteroatoms. The van der Waals surface area contributed by atoms with Crippen LogP contribution in [0.5, 0.6) is 0 Å². The zero-order valence-corrected chi connectivity index (χ0v) is 13.9. The van der Waals surface area contributed by atoms with E-state index in [0.717, 1.165) is 22.0 Å². The van der Waals surface area contributed by atoms with E-state index in [0.29, 0.717) is 6.42 Å². The van der Waals surface area contributed by atoms with E-state index in [4.69, 9.17) is 0 Å². The van der Waals surface area contributed by atoms with Gasteiger partial charge in [-0.05, 0) is 47.6 Å². The zero-order valence-electron chi connectivity index (χ0n) is 12.3. The van der Waals surface area contributed by atoms with Crippen molar-refractivity contribution in [1.82, 2.24) is 10.6 Å². The summed E-state index contributed by atoms with van der Waals surface area (Å²) in [5.41, 5.74) is 2.21. The van der Waals surface area contributed by atoms with Crippen LogP contribution in [0.1, 0.15) is 29.0 Å². The van der Waals surface area contributed by atoms with E-state index >= 15 is 0 Å². The highest BCUT2D eigenvalue weighted by molar-refractivity contribution is 9.10. The molecule has 2 aromatic carbocycles. The molecule has 2 atom stereocenters. The summed E-state index contributed by atoms with van der Waals surface area (Å²) < 4.78 is 0.905.